The summed E-state index contributed by atoms with van der Waals surface area (Å²) >= 11 is 0. The van der Waals surface area contributed by atoms with Crippen LogP contribution < -0.4 is 0 Å². The number of likely N-dealkylation sites (tertiary alicyclic amines) is 1. The lowest BCUT2D eigenvalue weighted by Gasteiger charge is -2.19. The Labute approximate surface area is 156 Å². The molecule has 5 nitrogen and oxygen atoms in total. The molecule has 0 radical (unpaired) electrons. The summed E-state index contributed by atoms with van der Waals surface area (Å²) < 4.78 is 10.6. The van der Waals surface area contributed by atoms with Gasteiger partial charge < -0.3 is 14.4 Å². The average molecular weight is 361 g/mol. The molecule has 1 saturated heterocycles. The summed E-state index contributed by atoms with van der Waals surface area (Å²) in [6.07, 6.45) is 6.53. The molecule has 0 N–H and O–H groups in total. The monoisotopic (exact) mass is 361 g/mol. The molecule has 1 aliphatic rings. The lowest BCUT2D eigenvalue weighted by atomic mass is 10.1. The number of esters is 1. The van der Waals surface area contributed by atoms with Crippen molar-refractivity contribution in [3.63, 3.8) is 0 Å². The standard InChI is InChI=1S/C21H31NO4/c23-20(18-25-16-14-22-12-6-1-2-7-13-22)17-21(24)26-15-8-11-19-9-4-3-5-10-19/h3-5,9-10H,1-2,6-8,11-18H2. The third-order valence-electron chi connectivity index (χ3n) is 4.57. The Morgan fingerprint density at radius 2 is 1.69 bits per heavy atom. The molecule has 0 saturated carbocycles. The van der Waals surface area contributed by atoms with Crippen molar-refractivity contribution in [2.45, 2.75) is 44.9 Å². The van der Waals surface area contributed by atoms with Gasteiger partial charge in [0.2, 0.25) is 0 Å². The van der Waals surface area contributed by atoms with Crippen molar-refractivity contribution in [2.24, 2.45) is 0 Å². The minimum Gasteiger partial charge on any atom is -0.465 e. The fourth-order valence-electron chi connectivity index (χ4n) is 3.11. The second-order valence-corrected chi connectivity index (χ2v) is 6.83. The third kappa shape index (κ3) is 9.11. The predicted octanol–water partition coefficient (Wildman–Crippen LogP) is 3.01. The van der Waals surface area contributed by atoms with E-state index in [1.807, 2.05) is 30.3 Å². The molecule has 0 unspecified atom stereocenters. The van der Waals surface area contributed by atoms with Crippen LogP contribution in [-0.4, -0.2) is 56.1 Å². The predicted molar refractivity (Wildman–Crippen MR) is 101 cm³/mol. The summed E-state index contributed by atoms with van der Waals surface area (Å²) in [7, 11) is 0. The number of ketones is 1. The largest absolute Gasteiger partial charge is 0.465 e. The van der Waals surface area contributed by atoms with Crippen LogP contribution in [0.1, 0.15) is 44.1 Å². The molecule has 0 amide bonds. The maximum Gasteiger partial charge on any atom is 0.313 e. The number of aryl methyl sites for hydroxylation is 1. The highest BCUT2D eigenvalue weighted by Crippen LogP contribution is 2.09. The molecule has 144 valence electrons. The van der Waals surface area contributed by atoms with Crippen LogP contribution in [0.5, 0.6) is 0 Å². The van der Waals surface area contributed by atoms with E-state index >= 15 is 0 Å². The first-order chi connectivity index (χ1) is 12.7. The van der Waals surface area contributed by atoms with Crippen LogP contribution in [0.3, 0.4) is 0 Å². The smallest absolute Gasteiger partial charge is 0.313 e. The van der Waals surface area contributed by atoms with E-state index in [-0.39, 0.29) is 18.8 Å². The lowest BCUT2D eigenvalue weighted by molar-refractivity contribution is -0.147. The fraction of sp³-hybridized carbons (Fsp3) is 0.619. The maximum absolute atomic E-state index is 11.8. The van der Waals surface area contributed by atoms with Gasteiger partial charge in [0.15, 0.2) is 5.78 Å². The first-order valence-corrected chi connectivity index (χ1v) is 9.75. The van der Waals surface area contributed by atoms with Gasteiger partial charge in [0.1, 0.15) is 13.0 Å². The van der Waals surface area contributed by atoms with E-state index < -0.39 is 5.97 Å². The zero-order chi connectivity index (χ0) is 18.5. The van der Waals surface area contributed by atoms with Gasteiger partial charge in [-0.25, -0.2) is 0 Å². The minimum absolute atomic E-state index is 0.00699. The molecular weight excluding hydrogens is 330 g/mol. The van der Waals surface area contributed by atoms with E-state index in [0.717, 1.165) is 32.5 Å². The summed E-state index contributed by atoms with van der Waals surface area (Å²) in [5, 5.41) is 0. The van der Waals surface area contributed by atoms with Crippen molar-refractivity contribution < 1.29 is 19.1 Å². The highest BCUT2D eigenvalue weighted by molar-refractivity contribution is 5.96. The molecule has 0 bridgehead atoms. The van der Waals surface area contributed by atoms with Crippen molar-refractivity contribution in [1.82, 2.24) is 4.90 Å². The lowest BCUT2D eigenvalue weighted by Crippen LogP contribution is -2.29. The van der Waals surface area contributed by atoms with Gasteiger partial charge in [-0.3, -0.25) is 9.59 Å². The van der Waals surface area contributed by atoms with E-state index in [2.05, 4.69) is 4.90 Å². The van der Waals surface area contributed by atoms with Gasteiger partial charge >= 0.3 is 5.97 Å². The molecule has 0 aromatic heterocycles. The minimum atomic E-state index is -0.459. The molecule has 26 heavy (non-hydrogen) atoms. The molecule has 1 aromatic carbocycles. The molecule has 5 heteroatoms. The third-order valence-corrected chi connectivity index (χ3v) is 4.57. The van der Waals surface area contributed by atoms with Crippen LogP contribution in [0, 0.1) is 0 Å². The SMILES string of the molecule is O=C(COCCN1CCCCCC1)CC(=O)OCCCc1ccccc1. The number of carbonyl (C=O) groups is 2. The summed E-state index contributed by atoms with van der Waals surface area (Å²) in [5.41, 5.74) is 1.22. The molecule has 0 aliphatic carbocycles. The van der Waals surface area contributed by atoms with E-state index in [9.17, 15) is 9.59 Å². The van der Waals surface area contributed by atoms with E-state index in [4.69, 9.17) is 9.47 Å². The van der Waals surface area contributed by atoms with Gasteiger partial charge in [-0.2, -0.15) is 0 Å². The summed E-state index contributed by atoms with van der Waals surface area (Å²) in [6.45, 7) is 3.97. The van der Waals surface area contributed by atoms with Crippen molar-refractivity contribution >= 4 is 11.8 Å². The molecule has 1 heterocycles. The van der Waals surface area contributed by atoms with E-state index in [1.54, 1.807) is 0 Å². The van der Waals surface area contributed by atoms with Crippen molar-refractivity contribution in [3.8, 4) is 0 Å². The topological polar surface area (TPSA) is 55.8 Å². The highest BCUT2D eigenvalue weighted by Gasteiger charge is 2.12. The molecule has 1 aliphatic heterocycles. The first-order valence-electron chi connectivity index (χ1n) is 9.75. The molecule has 2 rings (SSSR count). The van der Waals surface area contributed by atoms with Crippen LogP contribution in [0.25, 0.3) is 0 Å². The zero-order valence-electron chi connectivity index (χ0n) is 15.7. The quantitative estimate of drug-likeness (QED) is 0.344. The summed E-state index contributed by atoms with van der Waals surface area (Å²) in [6, 6.07) is 10.1. The summed E-state index contributed by atoms with van der Waals surface area (Å²) in [5.74, 6) is -0.673. The Hall–Kier alpha value is -1.72. The highest BCUT2D eigenvalue weighted by atomic mass is 16.5. The second kappa shape index (κ2) is 12.6. The first kappa shape index (κ1) is 20.6. The molecule has 1 aromatic rings. The number of nitrogens with zero attached hydrogens (tertiary/aromatic N) is 1. The van der Waals surface area contributed by atoms with Crippen LogP contribution in [-0.2, 0) is 25.5 Å². The number of rotatable bonds is 11. The molecular formula is C21H31NO4. The van der Waals surface area contributed by atoms with Crippen LogP contribution in [0.2, 0.25) is 0 Å². The second-order valence-electron chi connectivity index (χ2n) is 6.83. The van der Waals surface area contributed by atoms with Gasteiger partial charge in [-0.1, -0.05) is 43.2 Å². The van der Waals surface area contributed by atoms with Crippen molar-refractivity contribution in [2.75, 3.05) is 39.5 Å². The van der Waals surface area contributed by atoms with Crippen molar-refractivity contribution in [3.05, 3.63) is 35.9 Å². The van der Waals surface area contributed by atoms with Gasteiger partial charge in [0.05, 0.1) is 13.2 Å². The Balaban J connectivity index is 1.47. The van der Waals surface area contributed by atoms with Crippen LogP contribution >= 0.6 is 0 Å². The normalized spacial score (nSPS) is 15.4. The summed E-state index contributed by atoms with van der Waals surface area (Å²) in [4.78, 5) is 25.8. The number of Topliss-reactive ketones (excluding diaryl/α,β-unsaturated/α-hetero) is 1. The number of hydrogen-bond acceptors (Lipinski definition) is 5. The van der Waals surface area contributed by atoms with Crippen molar-refractivity contribution in [1.29, 1.82) is 0 Å². The number of carbonyl (C=O) groups excluding carboxylic acids is 2. The molecule has 1 fully saturated rings. The number of hydrogen-bond donors (Lipinski definition) is 0. The molecule has 0 spiro atoms. The molecule has 0 atom stereocenters. The Kier molecular flexibility index (Phi) is 9.98. The Morgan fingerprint density at radius 3 is 2.42 bits per heavy atom. The number of benzene rings is 1. The fourth-order valence-corrected chi connectivity index (χ4v) is 3.11. The number of ether oxygens (including phenoxy) is 2. The van der Waals surface area contributed by atoms with Gasteiger partial charge in [-0.05, 0) is 44.3 Å². The zero-order valence-corrected chi connectivity index (χ0v) is 15.7. The van der Waals surface area contributed by atoms with Gasteiger partial charge in [0, 0.05) is 6.54 Å². The Morgan fingerprint density at radius 1 is 0.962 bits per heavy atom. The van der Waals surface area contributed by atoms with Gasteiger partial charge in [-0.15, -0.1) is 0 Å². The van der Waals surface area contributed by atoms with Crippen LogP contribution in [0.4, 0.5) is 0 Å². The van der Waals surface area contributed by atoms with E-state index in [1.165, 1.54) is 31.2 Å². The van der Waals surface area contributed by atoms with E-state index in [0.29, 0.717) is 13.2 Å². The van der Waals surface area contributed by atoms with Crippen LogP contribution in [0.15, 0.2) is 30.3 Å². The maximum atomic E-state index is 11.8. The average Bonchev–Trinajstić information content (AvgIpc) is 2.92. The van der Waals surface area contributed by atoms with Gasteiger partial charge in [0.25, 0.3) is 0 Å². The Bertz CT molecular complexity index is 524.